The lowest BCUT2D eigenvalue weighted by Crippen LogP contribution is -2.47. The van der Waals surface area contributed by atoms with E-state index in [1.54, 1.807) is 27.0 Å². The van der Waals surface area contributed by atoms with Gasteiger partial charge in [0, 0.05) is 25.6 Å². The van der Waals surface area contributed by atoms with Gasteiger partial charge in [-0.05, 0) is 42.9 Å². The van der Waals surface area contributed by atoms with Crippen molar-refractivity contribution in [1.82, 2.24) is 24.4 Å². The molecule has 148 valence electrons. The maximum absolute atomic E-state index is 12.6. The number of aromatic amines is 1. The molecular formula is C16H23N5O3S3. The number of aromatic nitrogens is 3. The van der Waals surface area contributed by atoms with Crippen molar-refractivity contribution in [3.05, 3.63) is 28.1 Å². The summed E-state index contributed by atoms with van der Waals surface area (Å²) in [6.07, 6.45) is 2.86. The summed E-state index contributed by atoms with van der Waals surface area (Å²) in [6, 6.07) is 3.15. The molecule has 2 aromatic rings. The number of sulfonamides is 1. The third-order valence-corrected chi connectivity index (χ3v) is 7.76. The molecule has 1 aliphatic rings. The summed E-state index contributed by atoms with van der Waals surface area (Å²) in [6.45, 7) is 3.25. The number of carbonyl (C=O) groups excluding carboxylic acids is 1. The number of thiophene rings is 1. The highest BCUT2D eigenvalue weighted by atomic mass is 32.2. The third kappa shape index (κ3) is 4.84. The molecule has 0 aromatic carbocycles. The Kier molecular flexibility index (Phi) is 6.45. The fourth-order valence-electron chi connectivity index (χ4n) is 3.10. The van der Waals surface area contributed by atoms with Crippen LogP contribution in [0.15, 0.2) is 21.7 Å². The molecule has 0 bridgehead atoms. The minimum atomic E-state index is -3.48. The van der Waals surface area contributed by atoms with Gasteiger partial charge in [0.15, 0.2) is 4.77 Å². The summed E-state index contributed by atoms with van der Waals surface area (Å²) < 4.78 is 29.9. The van der Waals surface area contributed by atoms with Gasteiger partial charge in [-0.15, -0.1) is 11.3 Å². The van der Waals surface area contributed by atoms with Crippen LogP contribution in [0.3, 0.4) is 0 Å². The number of piperidine rings is 1. The summed E-state index contributed by atoms with van der Waals surface area (Å²) in [5, 5.41) is 8.67. The number of rotatable bonds is 7. The van der Waals surface area contributed by atoms with Crippen LogP contribution in [-0.4, -0.2) is 53.1 Å². The average Bonchev–Trinajstić information content (AvgIpc) is 3.28. The minimum Gasteiger partial charge on any atom is -0.341 e. The average molecular weight is 430 g/mol. The molecule has 0 atom stereocenters. The van der Waals surface area contributed by atoms with Crippen LogP contribution in [0.4, 0.5) is 0 Å². The highest BCUT2D eigenvalue weighted by molar-refractivity contribution is 7.91. The van der Waals surface area contributed by atoms with Crippen molar-refractivity contribution in [3.63, 3.8) is 0 Å². The lowest BCUT2D eigenvalue weighted by atomic mass is 10.1. The van der Waals surface area contributed by atoms with E-state index in [0.717, 1.165) is 18.7 Å². The van der Waals surface area contributed by atoms with Crippen LogP contribution >= 0.6 is 23.6 Å². The van der Waals surface area contributed by atoms with Crippen molar-refractivity contribution < 1.29 is 13.2 Å². The molecule has 11 heteroatoms. The minimum absolute atomic E-state index is 0.0237. The van der Waals surface area contributed by atoms with Crippen LogP contribution in [-0.2, 0) is 27.8 Å². The molecule has 3 rings (SSSR count). The molecule has 0 radical (unpaired) electrons. The number of hydrogen-bond donors (Lipinski definition) is 2. The van der Waals surface area contributed by atoms with Crippen molar-refractivity contribution in [1.29, 1.82) is 0 Å². The second kappa shape index (κ2) is 8.63. The highest BCUT2D eigenvalue weighted by Crippen LogP contribution is 2.19. The van der Waals surface area contributed by atoms with E-state index < -0.39 is 10.0 Å². The Bertz CT molecular complexity index is 925. The first-order valence-corrected chi connectivity index (χ1v) is 11.7. The molecule has 0 aliphatic carbocycles. The maximum atomic E-state index is 12.6. The van der Waals surface area contributed by atoms with Gasteiger partial charge in [0.25, 0.3) is 0 Å². The van der Waals surface area contributed by atoms with Crippen LogP contribution in [0, 0.1) is 4.77 Å². The first-order chi connectivity index (χ1) is 12.9. The third-order valence-electron chi connectivity index (χ3n) is 4.53. The molecule has 0 unspecified atom stereocenters. The van der Waals surface area contributed by atoms with Gasteiger partial charge >= 0.3 is 0 Å². The van der Waals surface area contributed by atoms with Crippen molar-refractivity contribution in [3.8, 4) is 0 Å². The number of H-pyrrole nitrogens is 1. The van der Waals surface area contributed by atoms with Gasteiger partial charge in [0.2, 0.25) is 15.9 Å². The molecule has 27 heavy (non-hydrogen) atoms. The van der Waals surface area contributed by atoms with Gasteiger partial charge in [0.1, 0.15) is 16.6 Å². The number of carbonyl (C=O) groups is 1. The topological polar surface area (TPSA) is 100 Å². The number of amides is 1. The van der Waals surface area contributed by atoms with E-state index in [-0.39, 0.29) is 18.5 Å². The molecule has 1 fully saturated rings. The van der Waals surface area contributed by atoms with E-state index >= 15 is 0 Å². The van der Waals surface area contributed by atoms with Crippen LogP contribution in [0.1, 0.15) is 32.0 Å². The predicted octanol–water partition coefficient (Wildman–Crippen LogP) is 1.92. The maximum Gasteiger partial charge on any atom is 0.250 e. The quantitative estimate of drug-likeness (QED) is 0.655. The van der Waals surface area contributed by atoms with Gasteiger partial charge in [-0.3, -0.25) is 14.5 Å². The Morgan fingerprint density at radius 3 is 2.81 bits per heavy atom. The monoisotopic (exact) mass is 429 g/mol. The summed E-state index contributed by atoms with van der Waals surface area (Å²) in [7, 11) is -3.48. The van der Waals surface area contributed by atoms with Gasteiger partial charge in [0.05, 0.1) is 0 Å². The van der Waals surface area contributed by atoms with Crippen LogP contribution in [0.2, 0.25) is 0 Å². The van der Waals surface area contributed by atoms with E-state index in [9.17, 15) is 13.2 Å². The molecule has 3 heterocycles. The summed E-state index contributed by atoms with van der Waals surface area (Å²) in [5.74, 6) is 0.763. The van der Waals surface area contributed by atoms with Crippen LogP contribution < -0.4 is 4.72 Å². The van der Waals surface area contributed by atoms with Gasteiger partial charge in [-0.1, -0.05) is 13.0 Å². The zero-order valence-corrected chi connectivity index (χ0v) is 17.5. The second-order valence-corrected chi connectivity index (χ2v) is 9.76. The number of nitrogens with zero attached hydrogens (tertiary/aromatic N) is 3. The lowest BCUT2D eigenvalue weighted by molar-refractivity contribution is -0.132. The van der Waals surface area contributed by atoms with Crippen LogP contribution in [0.25, 0.3) is 0 Å². The largest absolute Gasteiger partial charge is 0.341 e. The summed E-state index contributed by atoms with van der Waals surface area (Å²) >= 11 is 6.42. The Morgan fingerprint density at radius 1 is 1.44 bits per heavy atom. The van der Waals surface area contributed by atoms with Gasteiger partial charge < -0.3 is 4.90 Å². The fourth-order valence-corrected chi connectivity index (χ4v) is 5.63. The lowest BCUT2D eigenvalue weighted by Gasteiger charge is -2.32. The van der Waals surface area contributed by atoms with Crippen LogP contribution in [0.5, 0.6) is 0 Å². The fraction of sp³-hybridized carbons (Fsp3) is 0.562. The predicted molar refractivity (Wildman–Crippen MR) is 106 cm³/mol. The highest BCUT2D eigenvalue weighted by Gasteiger charge is 2.27. The van der Waals surface area contributed by atoms with Crippen molar-refractivity contribution in [2.24, 2.45) is 0 Å². The molecule has 1 amide bonds. The normalized spacial score (nSPS) is 16.0. The Labute approximate surface area is 167 Å². The molecule has 0 saturated carbocycles. The summed E-state index contributed by atoms with van der Waals surface area (Å²) in [4.78, 5) is 14.4. The smallest absolute Gasteiger partial charge is 0.250 e. The van der Waals surface area contributed by atoms with Gasteiger partial charge in [-0.25, -0.2) is 13.1 Å². The number of nitrogens with one attached hydrogen (secondary N) is 2. The van der Waals surface area contributed by atoms with E-state index in [1.807, 2.05) is 6.92 Å². The van der Waals surface area contributed by atoms with Crippen molar-refractivity contribution in [2.75, 3.05) is 13.1 Å². The molecule has 1 saturated heterocycles. The molecule has 2 aromatic heterocycles. The molecular weight excluding hydrogens is 406 g/mol. The first-order valence-electron chi connectivity index (χ1n) is 8.88. The second-order valence-electron chi connectivity index (χ2n) is 6.49. The van der Waals surface area contributed by atoms with Crippen molar-refractivity contribution in [2.45, 2.75) is 49.4 Å². The van der Waals surface area contributed by atoms with E-state index in [2.05, 4.69) is 14.9 Å². The Hall–Kier alpha value is -1.56. The Morgan fingerprint density at radius 2 is 2.19 bits per heavy atom. The Balaban J connectivity index is 1.55. The standard InChI is InChI=1S/C16H23N5O3S3/c1-2-4-13-17-18-16(25)21(13)11-14(22)20-8-6-12(7-9-20)19-27(23,24)15-5-3-10-26-15/h3,5,10,12,19H,2,4,6-9,11H2,1H3,(H,18,25). The first kappa shape index (κ1) is 20.2. The molecule has 1 aliphatic heterocycles. The number of aryl methyl sites for hydroxylation is 1. The van der Waals surface area contributed by atoms with E-state index in [0.29, 0.717) is 34.9 Å². The SMILES string of the molecule is CCCc1n[nH]c(=S)n1CC(=O)N1CCC(NS(=O)(=O)c2cccs2)CC1. The summed E-state index contributed by atoms with van der Waals surface area (Å²) in [5.41, 5.74) is 0. The molecule has 8 nitrogen and oxygen atoms in total. The van der Waals surface area contributed by atoms with E-state index in [4.69, 9.17) is 12.2 Å². The molecule has 0 spiro atoms. The van der Waals surface area contributed by atoms with E-state index in [1.165, 1.54) is 11.3 Å². The number of hydrogen-bond acceptors (Lipinski definition) is 6. The molecule has 2 N–H and O–H groups in total. The number of likely N-dealkylation sites (tertiary alicyclic amines) is 1. The van der Waals surface area contributed by atoms with Gasteiger partial charge in [-0.2, -0.15) is 5.10 Å². The zero-order chi connectivity index (χ0) is 19.4. The zero-order valence-electron chi connectivity index (χ0n) is 15.1. The van der Waals surface area contributed by atoms with Crippen molar-refractivity contribution >= 4 is 39.5 Å².